The Kier molecular flexibility index (Phi) is 10.9. The lowest BCUT2D eigenvalue weighted by Crippen LogP contribution is -2.68. The van der Waals surface area contributed by atoms with Crippen molar-refractivity contribution in [2.24, 2.45) is 0 Å². The van der Waals surface area contributed by atoms with Gasteiger partial charge in [0.1, 0.15) is 22.3 Å². The third kappa shape index (κ3) is 8.05. The molecule has 2 amide bonds. The summed E-state index contributed by atoms with van der Waals surface area (Å²) < 4.78 is 47.7. The number of rotatable bonds is 8. The highest BCUT2D eigenvalue weighted by Crippen LogP contribution is 2.37. The zero-order chi connectivity index (χ0) is 34.8. The van der Waals surface area contributed by atoms with Crippen LogP contribution in [0.15, 0.2) is 72.8 Å². The van der Waals surface area contributed by atoms with Gasteiger partial charge in [0.05, 0.1) is 31.3 Å². The maximum atomic E-state index is 14.9. The number of nitrogens with zero attached hydrogens (tertiary/aromatic N) is 1. The molecule has 0 radical (unpaired) electrons. The molecule has 2 atom stereocenters. The van der Waals surface area contributed by atoms with Crippen molar-refractivity contribution in [1.82, 2.24) is 10.2 Å². The standard InChI is InChI=1S/C36H45ClF2N2O5Si/c1-34(2,3)46-33(43)41-21-29(32(42)40-36(7,8)27-19-20-28(38)30(37)31(27)39)44-22-24(41)23-45-47(35(4,5)6,25-15-11-9-12-16-25)26-17-13-10-14-18-26/h9-20,24,29H,21-23H2,1-8H3,(H,40,42)/t24-,29-/m0/s1. The second-order valence-corrected chi connectivity index (χ2v) is 19.1. The van der Waals surface area contributed by atoms with Crippen LogP contribution < -0.4 is 15.7 Å². The fourth-order valence-electron chi connectivity index (χ4n) is 5.99. The fourth-order valence-corrected chi connectivity index (χ4v) is 10.7. The monoisotopic (exact) mass is 686 g/mol. The SMILES string of the molecule is CC(C)(C)OC(=O)N1C[C@@H](C(=O)NC(C)(C)c2ccc(F)c(Cl)c2F)OC[C@H]1CO[Si](c1ccccc1)(c1ccccc1)C(C)(C)C. The lowest BCUT2D eigenvalue weighted by molar-refractivity contribution is -0.144. The third-order valence-corrected chi connectivity index (χ3v) is 13.6. The first-order chi connectivity index (χ1) is 21.9. The Morgan fingerprint density at radius 3 is 1.98 bits per heavy atom. The van der Waals surface area contributed by atoms with Gasteiger partial charge in [-0.3, -0.25) is 9.69 Å². The highest BCUT2D eigenvalue weighted by molar-refractivity contribution is 6.99. The van der Waals surface area contributed by atoms with Crippen molar-refractivity contribution in [3.8, 4) is 0 Å². The van der Waals surface area contributed by atoms with Gasteiger partial charge in [-0.15, -0.1) is 0 Å². The van der Waals surface area contributed by atoms with Crippen LogP contribution in [-0.4, -0.2) is 62.7 Å². The Labute approximate surface area is 282 Å². The average molecular weight is 687 g/mol. The van der Waals surface area contributed by atoms with Crippen molar-refractivity contribution < 1.29 is 32.3 Å². The summed E-state index contributed by atoms with van der Waals surface area (Å²) in [6.07, 6.45) is -1.70. The van der Waals surface area contributed by atoms with Gasteiger partial charge >= 0.3 is 6.09 Å². The summed E-state index contributed by atoms with van der Waals surface area (Å²) in [5.74, 6) is -2.43. The van der Waals surface area contributed by atoms with Crippen LogP contribution in [0.1, 0.15) is 61.0 Å². The molecule has 47 heavy (non-hydrogen) atoms. The normalized spacial score (nSPS) is 17.7. The Bertz CT molecular complexity index is 1520. The first-order valence-electron chi connectivity index (χ1n) is 15.7. The molecule has 0 spiro atoms. The van der Waals surface area contributed by atoms with E-state index in [1.54, 1.807) is 34.6 Å². The molecule has 1 fully saturated rings. The molecule has 1 N–H and O–H groups in total. The van der Waals surface area contributed by atoms with Crippen LogP contribution >= 0.6 is 11.6 Å². The number of hydrogen-bond acceptors (Lipinski definition) is 5. The maximum Gasteiger partial charge on any atom is 0.410 e. The summed E-state index contributed by atoms with van der Waals surface area (Å²) in [4.78, 5) is 28.7. The topological polar surface area (TPSA) is 77.1 Å². The molecule has 1 aliphatic heterocycles. The van der Waals surface area contributed by atoms with Crippen LogP contribution in [0.25, 0.3) is 0 Å². The molecular formula is C36H45ClF2N2O5Si. The molecule has 3 aromatic carbocycles. The highest BCUT2D eigenvalue weighted by atomic mass is 35.5. The molecule has 3 aromatic rings. The number of amides is 2. The van der Waals surface area contributed by atoms with Crippen LogP contribution in [0, 0.1) is 11.6 Å². The Morgan fingerprint density at radius 2 is 1.47 bits per heavy atom. The van der Waals surface area contributed by atoms with Gasteiger partial charge in [0.25, 0.3) is 14.2 Å². The predicted octanol–water partition coefficient (Wildman–Crippen LogP) is 6.55. The smallest absolute Gasteiger partial charge is 0.410 e. The summed E-state index contributed by atoms with van der Waals surface area (Å²) in [5, 5.41) is 4.01. The van der Waals surface area contributed by atoms with E-state index in [2.05, 4.69) is 50.4 Å². The maximum absolute atomic E-state index is 14.9. The average Bonchev–Trinajstić information content (AvgIpc) is 2.99. The molecule has 1 aliphatic rings. The van der Waals surface area contributed by atoms with E-state index >= 15 is 0 Å². The van der Waals surface area contributed by atoms with Gasteiger partial charge in [0.15, 0.2) is 6.10 Å². The van der Waals surface area contributed by atoms with Gasteiger partial charge in [0, 0.05) is 5.56 Å². The molecule has 0 aliphatic carbocycles. The largest absolute Gasteiger partial charge is 0.444 e. The van der Waals surface area contributed by atoms with Crippen molar-refractivity contribution in [1.29, 1.82) is 0 Å². The van der Waals surface area contributed by atoms with E-state index < -0.39 is 60.3 Å². The number of nitrogens with one attached hydrogen (secondary N) is 1. The summed E-state index contributed by atoms with van der Waals surface area (Å²) in [7, 11) is -2.95. The molecule has 1 heterocycles. The molecule has 254 valence electrons. The van der Waals surface area contributed by atoms with Crippen molar-refractivity contribution in [3.05, 3.63) is 95.0 Å². The first-order valence-corrected chi connectivity index (χ1v) is 18.0. The van der Waals surface area contributed by atoms with E-state index in [-0.39, 0.29) is 30.4 Å². The lowest BCUT2D eigenvalue weighted by Gasteiger charge is -2.46. The van der Waals surface area contributed by atoms with Gasteiger partial charge in [-0.05, 0) is 56.1 Å². The molecule has 1 saturated heterocycles. The van der Waals surface area contributed by atoms with Crippen LogP contribution in [-0.2, 0) is 24.2 Å². The van der Waals surface area contributed by atoms with Gasteiger partial charge in [0.2, 0.25) is 0 Å². The van der Waals surface area contributed by atoms with Crippen molar-refractivity contribution in [3.63, 3.8) is 0 Å². The molecule has 11 heteroatoms. The number of hydrogen-bond donors (Lipinski definition) is 1. The Balaban J connectivity index is 1.63. The van der Waals surface area contributed by atoms with Gasteiger partial charge in [-0.2, -0.15) is 0 Å². The molecule has 7 nitrogen and oxygen atoms in total. The van der Waals surface area contributed by atoms with E-state index in [9.17, 15) is 18.4 Å². The quantitative estimate of drug-likeness (QED) is 0.215. The van der Waals surface area contributed by atoms with E-state index in [1.807, 2.05) is 36.4 Å². The summed E-state index contributed by atoms with van der Waals surface area (Å²) in [5.41, 5.74) is -2.06. The zero-order valence-electron chi connectivity index (χ0n) is 28.3. The molecule has 4 rings (SSSR count). The number of carbonyl (C=O) groups excluding carboxylic acids is 2. The Hall–Kier alpha value is -3.31. The van der Waals surface area contributed by atoms with E-state index in [4.69, 9.17) is 25.5 Å². The summed E-state index contributed by atoms with van der Waals surface area (Å²) in [6, 6.07) is 22.0. The lowest BCUT2D eigenvalue weighted by atomic mass is 9.93. The summed E-state index contributed by atoms with van der Waals surface area (Å²) in [6.45, 7) is 15.0. The number of ether oxygens (including phenoxy) is 2. The number of halogens is 3. The molecule has 0 aromatic heterocycles. The third-order valence-electron chi connectivity index (χ3n) is 8.27. The number of benzene rings is 3. The second-order valence-electron chi connectivity index (χ2n) is 14.4. The van der Waals surface area contributed by atoms with Crippen LogP contribution in [0.4, 0.5) is 13.6 Å². The van der Waals surface area contributed by atoms with Crippen molar-refractivity contribution >= 4 is 42.3 Å². The zero-order valence-corrected chi connectivity index (χ0v) is 30.1. The van der Waals surface area contributed by atoms with Crippen molar-refractivity contribution in [2.75, 3.05) is 19.8 Å². The highest BCUT2D eigenvalue weighted by Gasteiger charge is 2.51. The minimum Gasteiger partial charge on any atom is -0.444 e. The second kappa shape index (κ2) is 14.0. The fraction of sp³-hybridized carbons (Fsp3) is 0.444. The molecule has 0 saturated carbocycles. The first kappa shape index (κ1) is 36.5. The molecule has 0 unspecified atom stereocenters. The Morgan fingerprint density at radius 1 is 0.915 bits per heavy atom. The van der Waals surface area contributed by atoms with Crippen LogP contribution in [0.5, 0.6) is 0 Å². The molecular weight excluding hydrogens is 642 g/mol. The summed E-state index contributed by atoms with van der Waals surface area (Å²) >= 11 is 5.81. The predicted molar refractivity (Wildman–Crippen MR) is 183 cm³/mol. The minimum atomic E-state index is -2.95. The van der Waals surface area contributed by atoms with Gasteiger partial charge in [-0.25, -0.2) is 13.6 Å². The number of morpholine rings is 1. The van der Waals surface area contributed by atoms with E-state index in [0.717, 1.165) is 16.4 Å². The molecule has 0 bridgehead atoms. The number of carbonyl (C=O) groups is 2. The van der Waals surface area contributed by atoms with E-state index in [0.29, 0.717) is 0 Å². The van der Waals surface area contributed by atoms with E-state index in [1.165, 1.54) is 11.0 Å². The minimum absolute atomic E-state index is 0.00724. The van der Waals surface area contributed by atoms with Crippen LogP contribution in [0.2, 0.25) is 10.1 Å². The van der Waals surface area contributed by atoms with Crippen LogP contribution in [0.3, 0.4) is 0 Å². The van der Waals surface area contributed by atoms with Gasteiger partial charge in [-0.1, -0.05) is 99.1 Å². The van der Waals surface area contributed by atoms with Crippen molar-refractivity contribution in [2.45, 2.75) is 83.7 Å². The van der Waals surface area contributed by atoms with Gasteiger partial charge < -0.3 is 19.2 Å².